The fourth-order valence-corrected chi connectivity index (χ4v) is 9.42. The maximum Gasteiger partial charge on any atom is 0.329 e. The zero-order valence-corrected chi connectivity index (χ0v) is 35.9. The molecule has 0 aromatic rings. The number of allylic oxidation sites excluding steroid dienone is 4. The molecule has 1 amide bonds. The number of ketones is 2. The molecule has 2 bridgehead atoms. The lowest BCUT2D eigenvalue weighted by Crippen LogP contribution is -2.64. The molecule has 5 N–H and O–H groups in total. The second-order valence-corrected chi connectivity index (χ2v) is 17.3. The van der Waals surface area contributed by atoms with E-state index in [2.05, 4.69) is 6.58 Å². The Morgan fingerprint density at radius 1 is 0.931 bits per heavy atom. The molecule has 2 saturated heterocycles. The molecule has 3 heterocycles. The summed E-state index contributed by atoms with van der Waals surface area (Å²) in [4.78, 5) is 57.8. The number of carbonyl (C=O) groups is 4. The van der Waals surface area contributed by atoms with Gasteiger partial charge in [0.1, 0.15) is 24.0 Å². The van der Waals surface area contributed by atoms with Gasteiger partial charge in [0.25, 0.3) is 11.7 Å². The highest BCUT2D eigenvalue weighted by atomic mass is 16.7. The van der Waals surface area contributed by atoms with Crippen molar-refractivity contribution >= 4 is 23.4 Å². The van der Waals surface area contributed by atoms with Gasteiger partial charge in [-0.2, -0.15) is 0 Å². The molecule has 58 heavy (non-hydrogen) atoms. The molecule has 0 radical (unpaired) electrons. The normalized spacial score (nSPS) is 40.3. The van der Waals surface area contributed by atoms with Crippen molar-refractivity contribution in [3.05, 3.63) is 36.0 Å². The molecule has 14 nitrogen and oxygen atoms in total. The second kappa shape index (κ2) is 22.1. The number of cyclic esters (lactones) is 1. The highest BCUT2D eigenvalue weighted by Gasteiger charge is 2.56. The Morgan fingerprint density at radius 2 is 1.59 bits per heavy atom. The Morgan fingerprint density at radius 3 is 2.22 bits per heavy atom. The summed E-state index contributed by atoms with van der Waals surface area (Å²) in [6.45, 7) is 13.1. The molecule has 4 rings (SSSR count). The predicted octanol–water partition coefficient (Wildman–Crippen LogP) is 3.81. The number of hydrogen-bond donors (Lipinski definition) is 3. The van der Waals surface area contributed by atoms with Gasteiger partial charge >= 0.3 is 5.97 Å². The third kappa shape index (κ3) is 11.7. The minimum absolute atomic E-state index is 0. The Labute approximate surface area is 344 Å². The maximum atomic E-state index is 14.3. The largest absolute Gasteiger partial charge is 0.456 e. The van der Waals surface area contributed by atoms with Crippen molar-refractivity contribution in [3.63, 3.8) is 0 Å². The predicted molar refractivity (Wildman–Crippen MR) is 216 cm³/mol. The van der Waals surface area contributed by atoms with E-state index in [0.717, 1.165) is 5.57 Å². The van der Waals surface area contributed by atoms with Crippen molar-refractivity contribution in [1.29, 1.82) is 0 Å². The highest BCUT2D eigenvalue weighted by Crippen LogP contribution is 2.39. The number of fused-ring (bicyclic) bond motifs is 3. The third-order valence-electron chi connectivity index (χ3n) is 12.9. The van der Waals surface area contributed by atoms with E-state index in [1.807, 2.05) is 32.9 Å². The highest BCUT2D eigenvalue weighted by molar-refractivity contribution is 6.39. The van der Waals surface area contributed by atoms with E-state index in [1.165, 1.54) is 19.1 Å². The van der Waals surface area contributed by atoms with E-state index >= 15 is 0 Å². The third-order valence-corrected chi connectivity index (χ3v) is 12.9. The maximum absolute atomic E-state index is 14.3. The van der Waals surface area contributed by atoms with Gasteiger partial charge in [-0.3, -0.25) is 14.4 Å². The first-order valence-electron chi connectivity index (χ1n) is 20.9. The number of aliphatic hydroxyl groups excluding tert-OH is 2. The lowest BCUT2D eigenvalue weighted by molar-refractivity contribution is -0.302. The van der Waals surface area contributed by atoms with Crippen molar-refractivity contribution in [1.82, 2.24) is 4.90 Å². The number of hydrogen-bond acceptors (Lipinski definition) is 12. The van der Waals surface area contributed by atoms with Crippen LogP contribution in [0.5, 0.6) is 0 Å². The van der Waals surface area contributed by atoms with Crippen molar-refractivity contribution in [2.24, 2.45) is 29.6 Å². The smallest absolute Gasteiger partial charge is 0.329 e. The lowest BCUT2D eigenvalue weighted by Gasteiger charge is -2.47. The first-order chi connectivity index (χ1) is 27.0. The van der Waals surface area contributed by atoms with Crippen LogP contribution in [-0.2, 0) is 42.9 Å². The zero-order valence-electron chi connectivity index (χ0n) is 35.9. The molecular weight excluding hydrogens is 750 g/mol. The molecule has 3 aliphatic heterocycles. The number of nitrogens with zero attached hydrogens (tertiary/aromatic N) is 1. The van der Waals surface area contributed by atoms with Crippen LogP contribution in [0.2, 0.25) is 0 Å². The lowest BCUT2D eigenvalue weighted by atomic mass is 9.81. The molecule has 14 atom stereocenters. The number of methoxy groups -OCH3 is 3. The van der Waals surface area contributed by atoms with Gasteiger partial charge in [-0.1, -0.05) is 44.6 Å². The summed E-state index contributed by atoms with van der Waals surface area (Å²) >= 11 is 0. The molecule has 0 aromatic heterocycles. The van der Waals surface area contributed by atoms with E-state index in [0.29, 0.717) is 56.9 Å². The monoisotopic (exact) mass is 821 g/mol. The zero-order chi connectivity index (χ0) is 42.2. The van der Waals surface area contributed by atoms with Crippen LogP contribution in [0.4, 0.5) is 0 Å². The minimum atomic E-state index is -2.51. The number of rotatable bonds is 7. The number of carbonyl (C=O) groups excluding carboxylic acids is 4. The van der Waals surface area contributed by atoms with Gasteiger partial charge in [-0.05, 0) is 95.5 Å². The number of Topliss-reactive ketones (excluding diaryl/α,β-unsaturated/α-hetero) is 2. The van der Waals surface area contributed by atoms with Crippen molar-refractivity contribution in [2.45, 2.75) is 160 Å². The van der Waals surface area contributed by atoms with Crippen LogP contribution in [0.15, 0.2) is 36.0 Å². The average Bonchev–Trinajstić information content (AvgIpc) is 3.18. The molecule has 3 fully saturated rings. The van der Waals surface area contributed by atoms with Gasteiger partial charge < -0.3 is 49.4 Å². The van der Waals surface area contributed by atoms with Crippen molar-refractivity contribution < 1.29 is 63.7 Å². The van der Waals surface area contributed by atoms with Gasteiger partial charge in [0.2, 0.25) is 5.79 Å². The van der Waals surface area contributed by atoms with Crippen LogP contribution in [0.3, 0.4) is 0 Å². The van der Waals surface area contributed by atoms with Gasteiger partial charge in [0.05, 0.1) is 30.5 Å². The summed E-state index contributed by atoms with van der Waals surface area (Å²) in [5.74, 6) is -7.76. The Balaban J connectivity index is 0.00000900. The Hall–Kier alpha value is -2.82. The van der Waals surface area contributed by atoms with Gasteiger partial charge in [0, 0.05) is 52.0 Å². The van der Waals surface area contributed by atoms with Crippen LogP contribution in [0.25, 0.3) is 0 Å². The second-order valence-electron chi connectivity index (χ2n) is 17.3. The quantitative estimate of drug-likeness (QED) is 0.190. The fourth-order valence-electron chi connectivity index (χ4n) is 9.42. The van der Waals surface area contributed by atoms with Gasteiger partial charge in [0.15, 0.2) is 0 Å². The fraction of sp³-hybridized carbons (Fsp3) is 0.773. The number of esters is 1. The molecular formula is C44H71NO13. The molecule has 14 heteroatoms. The minimum Gasteiger partial charge on any atom is -0.456 e. The number of ether oxygens (including phenoxy) is 5. The van der Waals surface area contributed by atoms with Crippen LogP contribution in [0, 0.1) is 29.6 Å². The van der Waals surface area contributed by atoms with Gasteiger partial charge in [-0.15, -0.1) is 6.58 Å². The summed E-state index contributed by atoms with van der Waals surface area (Å²) < 4.78 is 29.7. The van der Waals surface area contributed by atoms with Crippen LogP contribution < -0.4 is 0 Å². The topological polar surface area (TPSA) is 210 Å². The van der Waals surface area contributed by atoms with E-state index in [9.17, 15) is 34.5 Å². The van der Waals surface area contributed by atoms with E-state index in [4.69, 9.17) is 23.7 Å². The summed E-state index contributed by atoms with van der Waals surface area (Å²) in [7, 11) is 4.61. The number of piperidine rings is 1. The van der Waals surface area contributed by atoms with Crippen LogP contribution in [-0.4, -0.2) is 132 Å². The van der Waals surface area contributed by atoms with Crippen LogP contribution >= 0.6 is 0 Å². The summed E-state index contributed by atoms with van der Waals surface area (Å²) in [5, 5.41) is 34.1. The van der Waals surface area contributed by atoms with Crippen LogP contribution in [0.1, 0.15) is 105 Å². The standard InChI is InChI=1S/C44H69NO12.H2O/c1-10-13-31-19-25(2)18-26(3)20-37(54-8)40-38(55-9)22-28(5)44(52,57-40)41(49)42(50)45-17-12-11-14-32(45)43(51)56-39(29(6)34(47)24-35(31)48)27(4)21-30-15-16-33(46)36(23-30)53-7;/h10,19,21,26,28-34,36-40,46-47,52H,1,11-18,20,22-24H2,2-9H3;1H2/b25-19+,27-21+;/t26-,28+,29+,30-,31+,32-,33+,34-,36+,37?,38-,39+,40+,44+;/m0./s1. The first-order valence-corrected chi connectivity index (χ1v) is 20.9. The van der Waals surface area contributed by atoms with E-state index in [1.54, 1.807) is 27.0 Å². The number of amides is 1. The molecule has 4 aliphatic rings. The molecule has 1 saturated carbocycles. The van der Waals surface area contributed by atoms with E-state index < -0.39 is 83.9 Å². The summed E-state index contributed by atoms with van der Waals surface area (Å²) in [6, 6.07) is -1.14. The SMILES string of the molecule is C=CC[C@@H]1/C=C(\C)C[C@H](C)CC(OC)[C@H]2O[C@@](O)(C(=O)C(=O)N3CCCC[C@H]3C(=O)O[C@H](/C(C)=C/[C@@H]3CC[C@@H](O)[C@H](OC)C3)[C@H](C)[C@@H](O)CC1=O)[C@H](C)C[C@@H]2OC.O. The van der Waals surface area contributed by atoms with Crippen molar-refractivity contribution in [3.8, 4) is 0 Å². The Bertz CT molecular complexity index is 1480. The molecule has 330 valence electrons. The molecule has 1 aliphatic carbocycles. The summed E-state index contributed by atoms with van der Waals surface area (Å²) in [6.07, 6.45) is 4.93. The van der Waals surface area contributed by atoms with Gasteiger partial charge in [-0.25, -0.2) is 4.79 Å². The Kier molecular flexibility index (Phi) is 18.9. The molecule has 0 spiro atoms. The van der Waals surface area contributed by atoms with E-state index in [-0.39, 0.29) is 55.0 Å². The first kappa shape index (κ1) is 49.5. The average molecular weight is 822 g/mol. The van der Waals surface area contributed by atoms with Crippen molar-refractivity contribution in [2.75, 3.05) is 27.9 Å². The molecule has 0 aromatic carbocycles. The number of aliphatic hydroxyl groups is 3. The molecule has 1 unspecified atom stereocenters. The summed E-state index contributed by atoms with van der Waals surface area (Å²) in [5.41, 5.74) is 1.61.